The minimum absolute atomic E-state index is 0.169. The fraction of sp³-hybridized carbons (Fsp3) is 0.292. The number of imide groups is 1. The molecule has 0 bridgehead atoms. The number of amides is 3. The highest BCUT2D eigenvalue weighted by Gasteiger charge is 2.42. The Labute approximate surface area is 196 Å². The van der Waals surface area contributed by atoms with Crippen molar-refractivity contribution in [2.75, 3.05) is 11.1 Å². The second kappa shape index (κ2) is 9.58. The molecule has 1 aromatic heterocycles. The van der Waals surface area contributed by atoms with E-state index in [4.69, 9.17) is 0 Å². The Kier molecular flexibility index (Phi) is 6.60. The van der Waals surface area contributed by atoms with E-state index in [1.807, 2.05) is 54.8 Å². The van der Waals surface area contributed by atoms with Gasteiger partial charge in [-0.05, 0) is 49.6 Å². The first-order valence-electron chi connectivity index (χ1n) is 10.8. The average molecular weight is 464 g/mol. The number of carbonyl (C=O) groups is 3. The number of hydrogen-bond donors (Lipinski definition) is 2. The summed E-state index contributed by atoms with van der Waals surface area (Å²) in [5.41, 5.74) is 2.86. The molecule has 1 fully saturated rings. The Balaban J connectivity index is 1.38. The SMILES string of the molecule is CCC1(c2ccc(NC(=O)CSc3nncn3-c3ccc(C)cc3)cc2)CCC(=O)NC1=O. The molecule has 33 heavy (non-hydrogen) atoms. The van der Waals surface area contributed by atoms with E-state index in [9.17, 15) is 14.4 Å². The smallest absolute Gasteiger partial charge is 0.237 e. The zero-order valence-electron chi connectivity index (χ0n) is 18.5. The van der Waals surface area contributed by atoms with Crippen LogP contribution in [0.1, 0.15) is 37.3 Å². The van der Waals surface area contributed by atoms with Gasteiger partial charge in [-0.1, -0.05) is 48.5 Å². The lowest BCUT2D eigenvalue weighted by atomic mass is 9.72. The molecule has 4 rings (SSSR count). The Morgan fingerprint density at radius 1 is 1.15 bits per heavy atom. The summed E-state index contributed by atoms with van der Waals surface area (Å²) in [4.78, 5) is 36.6. The molecule has 2 heterocycles. The molecule has 170 valence electrons. The van der Waals surface area contributed by atoms with Crippen molar-refractivity contribution in [2.45, 2.75) is 43.7 Å². The number of anilines is 1. The molecule has 3 aromatic rings. The largest absolute Gasteiger partial charge is 0.325 e. The van der Waals surface area contributed by atoms with Crippen molar-refractivity contribution in [3.05, 3.63) is 66.0 Å². The van der Waals surface area contributed by atoms with Crippen LogP contribution in [0.15, 0.2) is 60.0 Å². The van der Waals surface area contributed by atoms with E-state index in [2.05, 4.69) is 20.8 Å². The predicted octanol–water partition coefficient (Wildman–Crippen LogP) is 3.39. The third kappa shape index (κ3) is 4.83. The van der Waals surface area contributed by atoms with Gasteiger partial charge in [0.2, 0.25) is 17.7 Å². The van der Waals surface area contributed by atoms with Gasteiger partial charge in [0.05, 0.1) is 11.2 Å². The second-order valence-corrected chi connectivity index (χ2v) is 8.99. The summed E-state index contributed by atoms with van der Waals surface area (Å²) in [6.07, 6.45) is 3.03. The maximum atomic E-state index is 12.5. The maximum absolute atomic E-state index is 12.5. The van der Waals surface area contributed by atoms with Crippen LogP contribution in [0.3, 0.4) is 0 Å². The molecular weight excluding hydrogens is 438 g/mol. The van der Waals surface area contributed by atoms with Crippen molar-refractivity contribution in [3.8, 4) is 5.69 Å². The van der Waals surface area contributed by atoms with Crippen LogP contribution in [0.4, 0.5) is 5.69 Å². The molecule has 3 amide bonds. The topological polar surface area (TPSA) is 106 Å². The Bertz CT molecular complexity index is 1170. The van der Waals surface area contributed by atoms with E-state index in [0.29, 0.717) is 30.1 Å². The molecule has 0 radical (unpaired) electrons. The van der Waals surface area contributed by atoms with E-state index >= 15 is 0 Å². The zero-order valence-corrected chi connectivity index (χ0v) is 19.3. The molecule has 8 nitrogen and oxygen atoms in total. The van der Waals surface area contributed by atoms with Crippen LogP contribution in [0, 0.1) is 6.92 Å². The summed E-state index contributed by atoms with van der Waals surface area (Å²) in [6.45, 7) is 3.97. The lowest BCUT2D eigenvalue weighted by molar-refractivity contribution is -0.138. The van der Waals surface area contributed by atoms with Gasteiger partial charge in [0, 0.05) is 17.8 Å². The molecule has 2 N–H and O–H groups in total. The summed E-state index contributed by atoms with van der Waals surface area (Å²) in [6, 6.07) is 15.2. The first-order chi connectivity index (χ1) is 15.9. The minimum Gasteiger partial charge on any atom is -0.325 e. The van der Waals surface area contributed by atoms with Crippen LogP contribution in [0.2, 0.25) is 0 Å². The Hall–Kier alpha value is -3.46. The predicted molar refractivity (Wildman–Crippen MR) is 126 cm³/mol. The molecule has 1 unspecified atom stereocenters. The number of thioether (sulfide) groups is 1. The van der Waals surface area contributed by atoms with E-state index in [1.165, 1.54) is 11.8 Å². The number of aromatic nitrogens is 3. The van der Waals surface area contributed by atoms with E-state index in [0.717, 1.165) is 16.8 Å². The monoisotopic (exact) mass is 463 g/mol. The van der Waals surface area contributed by atoms with Crippen molar-refractivity contribution in [1.29, 1.82) is 0 Å². The number of benzene rings is 2. The van der Waals surface area contributed by atoms with Gasteiger partial charge in [-0.25, -0.2) is 0 Å². The lowest BCUT2D eigenvalue weighted by Crippen LogP contribution is -2.51. The first kappa shape index (κ1) is 22.7. The van der Waals surface area contributed by atoms with Gasteiger partial charge in [-0.3, -0.25) is 24.3 Å². The highest BCUT2D eigenvalue weighted by atomic mass is 32.2. The number of hydrogen-bond acceptors (Lipinski definition) is 6. The second-order valence-electron chi connectivity index (χ2n) is 8.05. The lowest BCUT2D eigenvalue weighted by Gasteiger charge is -2.35. The number of nitrogens with zero attached hydrogens (tertiary/aromatic N) is 3. The van der Waals surface area contributed by atoms with E-state index in [1.54, 1.807) is 18.5 Å². The normalized spacial score (nSPS) is 18.1. The first-order valence-corrected chi connectivity index (χ1v) is 11.7. The molecule has 0 aliphatic carbocycles. The van der Waals surface area contributed by atoms with Gasteiger partial charge < -0.3 is 5.32 Å². The van der Waals surface area contributed by atoms with Crippen molar-refractivity contribution in [2.24, 2.45) is 0 Å². The number of carbonyl (C=O) groups excluding carboxylic acids is 3. The van der Waals surface area contributed by atoms with Crippen LogP contribution in [0.25, 0.3) is 5.69 Å². The highest BCUT2D eigenvalue weighted by Crippen LogP contribution is 2.36. The molecule has 1 aliphatic rings. The Morgan fingerprint density at radius 3 is 2.55 bits per heavy atom. The quantitative estimate of drug-likeness (QED) is 0.411. The van der Waals surface area contributed by atoms with Crippen LogP contribution in [-0.2, 0) is 19.8 Å². The van der Waals surface area contributed by atoms with Crippen LogP contribution < -0.4 is 10.6 Å². The third-order valence-electron chi connectivity index (χ3n) is 5.95. The van der Waals surface area contributed by atoms with Gasteiger partial charge in [-0.15, -0.1) is 10.2 Å². The summed E-state index contributed by atoms with van der Waals surface area (Å²) >= 11 is 1.30. The van der Waals surface area contributed by atoms with Gasteiger partial charge >= 0.3 is 0 Å². The standard InChI is InChI=1S/C24H25N5O3S/c1-3-24(13-12-20(30)27-22(24)32)17-6-8-18(9-7-17)26-21(31)14-33-23-28-25-15-29(23)19-10-4-16(2)5-11-19/h4-11,15H,3,12-14H2,1-2H3,(H,26,31)(H,27,30,32). The number of aryl methyl sites for hydroxylation is 1. The molecule has 9 heteroatoms. The van der Waals surface area contributed by atoms with Gasteiger partial charge in [0.15, 0.2) is 5.16 Å². The maximum Gasteiger partial charge on any atom is 0.237 e. The molecule has 1 aliphatic heterocycles. The summed E-state index contributed by atoms with van der Waals surface area (Å²) < 4.78 is 1.84. The minimum atomic E-state index is -0.716. The Morgan fingerprint density at radius 2 is 1.88 bits per heavy atom. The fourth-order valence-corrected chi connectivity index (χ4v) is 4.70. The molecule has 1 saturated heterocycles. The van der Waals surface area contributed by atoms with Crippen molar-refractivity contribution >= 4 is 35.2 Å². The van der Waals surface area contributed by atoms with Crippen molar-refractivity contribution < 1.29 is 14.4 Å². The van der Waals surface area contributed by atoms with E-state index in [-0.39, 0.29) is 23.5 Å². The average Bonchev–Trinajstić information content (AvgIpc) is 3.28. The molecular formula is C24H25N5O3S. The van der Waals surface area contributed by atoms with Crippen molar-refractivity contribution in [1.82, 2.24) is 20.1 Å². The van der Waals surface area contributed by atoms with Crippen LogP contribution in [0.5, 0.6) is 0 Å². The molecule has 0 spiro atoms. The number of piperidine rings is 1. The van der Waals surface area contributed by atoms with E-state index < -0.39 is 5.41 Å². The zero-order chi connectivity index (χ0) is 23.4. The number of rotatable bonds is 7. The molecule has 2 aromatic carbocycles. The third-order valence-corrected chi connectivity index (χ3v) is 6.90. The number of nitrogens with one attached hydrogen (secondary N) is 2. The van der Waals surface area contributed by atoms with Crippen LogP contribution >= 0.6 is 11.8 Å². The van der Waals surface area contributed by atoms with Gasteiger partial charge in [-0.2, -0.15) is 0 Å². The molecule has 1 atom stereocenters. The highest BCUT2D eigenvalue weighted by molar-refractivity contribution is 7.99. The van der Waals surface area contributed by atoms with Crippen molar-refractivity contribution in [3.63, 3.8) is 0 Å². The fourth-order valence-electron chi connectivity index (χ4n) is 3.97. The van der Waals surface area contributed by atoms with Gasteiger partial charge in [0.1, 0.15) is 6.33 Å². The summed E-state index contributed by atoms with van der Waals surface area (Å²) in [5.74, 6) is -0.483. The summed E-state index contributed by atoms with van der Waals surface area (Å²) in [5, 5.41) is 14.1. The molecule has 0 saturated carbocycles. The van der Waals surface area contributed by atoms with Gasteiger partial charge in [0.25, 0.3) is 0 Å². The summed E-state index contributed by atoms with van der Waals surface area (Å²) in [7, 11) is 0. The van der Waals surface area contributed by atoms with Crippen LogP contribution in [-0.4, -0.2) is 38.2 Å².